The highest BCUT2D eigenvalue weighted by atomic mass is 32.2. The first-order chi connectivity index (χ1) is 8.99. The molecule has 1 heterocycles. The Balaban J connectivity index is 2.05. The van der Waals surface area contributed by atoms with Crippen LogP contribution >= 0.6 is 0 Å². The average molecular weight is 283 g/mol. The minimum absolute atomic E-state index is 0.0911. The molecule has 2 rings (SSSR count). The Bertz CT molecular complexity index is 651. The molecule has 0 atom stereocenters. The van der Waals surface area contributed by atoms with E-state index in [2.05, 4.69) is 4.72 Å². The lowest BCUT2D eigenvalue weighted by Crippen LogP contribution is -2.26. The third-order valence-corrected chi connectivity index (χ3v) is 4.29. The second-order valence-electron chi connectivity index (χ2n) is 4.14. The van der Waals surface area contributed by atoms with Gasteiger partial charge in [-0.2, -0.15) is 0 Å². The zero-order chi connectivity index (χ0) is 13.9. The van der Waals surface area contributed by atoms with Crippen LogP contribution < -0.4 is 4.72 Å². The Morgan fingerprint density at radius 3 is 2.74 bits per heavy atom. The number of hydrogen-bond donors (Lipinski definition) is 1. The van der Waals surface area contributed by atoms with Gasteiger partial charge in [-0.1, -0.05) is 0 Å². The summed E-state index contributed by atoms with van der Waals surface area (Å²) in [4.78, 5) is 0.0911. The predicted molar refractivity (Wildman–Crippen MR) is 68.7 cm³/mol. The van der Waals surface area contributed by atoms with Gasteiger partial charge in [-0.15, -0.1) is 0 Å². The lowest BCUT2D eigenvalue weighted by molar-refractivity contribution is 0.506. The van der Waals surface area contributed by atoms with Crippen molar-refractivity contribution < 1.29 is 17.2 Å². The molecule has 0 aliphatic rings. The van der Waals surface area contributed by atoms with Crippen LogP contribution in [0, 0.1) is 12.7 Å². The fraction of sp³-hybridized carbons (Fsp3) is 0.231. The molecule has 0 fully saturated rings. The Kier molecular flexibility index (Phi) is 4.01. The fourth-order valence-electron chi connectivity index (χ4n) is 1.76. The van der Waals surface area contributed by atoms with E-state index in [1.807, 2.05) is 0 Å². The molecule has 4 nitrogen and oxygen atoms in total. The van der Waals surface area contributed by atoms with Crippen molar-refractivity contribution in [3.63, 3.8) is 0 Å². The first kappa shape index (κ1) is 13.8. The van der Waals surface area contributed by atoms with Crippen LogP contribution in [-0.4, -0.2) is 15.0 Å². The van der Waals surface area contributed by atoms with Gasteiger partial charge in [0.1, 0.15) is 11.6 Å². The molecule has 6 heteroatoms. The Labute approximate surface area is 111 Å². The van der Waals surface area contributed by atoms with Crippen LogP contribution in [0.25, 0.3) is 0 Å². The van der Waals surface area contributed by atoms with E-state index >= 15 is 0 Å². The maximum atomic E-state index is 12.9. The summed E-state index contributed by atoms with van der Waals surface area (Å²) in [5.74, 6) is 0.255. The summed E-state index contributed by atoms with van der Waals surface area (Å²) in [7, 11) is -3.62. The van der Waals surface area contributed by atoms with E-state index in [0.717, 1.165) is 6.07 Å². The summed E-state index contributed by atoms with van der Waals surface area (Å²) < 4.78 is 44.6. The summed E-state index contributed by atoms with van der Waals surface area (Å²) in [6.45, 7) is 1.79. The van der Waals surface area contributed by atoms with Crippen molar-refractivity contribution in [3.8, 4) is 0 Å². The third kappa shape index (κ3) is 3.42. The monoisotopic (exact) mass is 283 g/mol. The molecule has 0 bridgehead atoms. The lowest BCUT2D eigenvalue weighted by Gasteiger charge is -2.08. The Hall–Kier alpha value is -1.66. The number of halogens is 1. The van der Waals surface area contributed by atoms with Crippen molar-refractivity contribution in [1.82, 2.24) is 4.72 Å². The third-order valence-electron chi connectivity index (χ3n) is 2.67. The number of aryl methyl sites for hydroxylation is 1. The average Bonchev–Trinajstić information content (AvgIpc) is 2.81. The van der Waals surface area contributed by atoms with Crippen LogP contribution in [0.2, 0.25) is 0 Å². The molecule has 0 unspecified atom stereocenters. The Morgan fingerprint density at radius 1 is 1.32 bits per heavy atom. The van der Waals surface area contributed by atoms with Gasteiger partial charge in [0.2, 0.25) is 10.0 Å². The van der Waals surface area contributed by atoms with Crippen LogP contribution in [0.3, 0.4) is 0 Å². The van der Waals surface area contributed by atoms with Crippen LogP contribution in [0.15, 0.2) is 45.9 Å². The van der Waals surface area contributed by atoms with Gasteiger partial charge in [-0.05, 0) is 42.8 Å². The van der Waals surface area contributed by atoms with E-state index in [1.165, 1.54) is 18.4 Å². The molecule has 0 saturated carbocycles. The summed E-state index contributed by atoms with van der Waals surface area (Å²) in [5.41, 5.74) is 0.380. The molecule has 102 valence electrons. The number of rotatable bonds is 5. The van der Waals surface area contributed by atoms with Gasteiger partial charge < -0.3 is 4.42 Å². The summed E-state index contributed by atoms with van der Waals surface area (Å²) >= 11 is 0. The van der Waals surface area contributed by atoms with Crippen LogP contribution in [0.4, 0.5) is 4.39 Å². The molecule has 0 aliphatic carbocycles. The number of furan rings is 1. The molecular weight excluding hydrogens is 269 g/mol. The van der Waals surface area contributed by atoms with Gasteiger partial charge in [-0.3, -0.25) is 0 Å². The molecule has 0 spiro atoms. The number of benzene rings is 1. The molecule has 0 radical (unpaired) electrons. The van der Waals surface area contributed by atoms with Crippen molar-refractivity contribution in [2.24, 2.45) is 0 Å². The van der Waals surface area contributed by atoms with Crippen molar-refractivity contribution in [2.75, 3.05) is 6.54 Å². The summed E-state index contributed by atoms with van der Waals surface area (Å²) in [6.07, 6.45) is 2.00. The van der Waals surface area contributed by atoms with Crippen LogP contribution in [-0.2, 0) is 16.4 Å². The molecule has 0 amide bonds. The van der Waals surface area contributed by atoms with Crippen molar-refractivity contribution >= 4 is 10.0 Å². The van der Waals surface area contributed by atoms with Gasteiger partial charge in [0.15, 0.2) is 0 Å². The minimum atomic E-state index is -3.62. The standard InChI is InChI=1S/C13H14FNO3S/c1-10-9-11(14)4-5-13(10)19(16,17)15-7-6-12-3-2-8-18-12/h2-5,8-9,15H,6-7H2,1H3. The van der Waals surface area contributed by atoms with Gasteiger partial charge in [0.05, 0.1) is 11.2 Å². The second-order valence-corrected chi connectivity index (χ2v) is 5.87. The summed E-state index contributed by atoms with van der Waals surface area (Å²) in [6, 6.07) is 7.11. The van der Waals surface area contributed by atoms with E-state index < -0.39 is 15.8 Å². The van der Waals surface area contributed by atoms with Gasteiger partial charge >= 0.3 is 0 Å². The molecule has 1 aromatic heterocycles. The number of hydrogen-bond acceptors (Lipinski definition) is 3. The first-order valence-corrected chi connectivity index (χ1v) is 7.25. The van der Waals surface area contributed by atoms with Gasteiger partial charge in [0, 0.05) is 13.0 Å². The molecule has 0 aliphatic heterocycles. The zero-order valence-electron chi connectivity index (χ0n) is 10.4. The minimum Gasteiger partial charge on any atom is -0.469 e. The molecular formula is C13H14FNO3S. The second kappa shape index (κ2) is 5.54. The highest BCUT2D eigenvalue weighted by Gasteiger charge is 2.16. The smallest absolute Gasteiger partial charge is 0.240 e. The fourth-order valence-corrected chi connectivity index (χ4v) is 3.01. The van der Waals surface area contributed by atoms with E-state index in [1.54, 1.807) is 19.1 Å². The largest absolute Gasteiger partial charge is 0.469 e. The molecule has 2 aromatic rings. The van der Waals surface area contributed by atoms with Crippen molar-refractivity contribution in [1.29, 1.82) is 0 Å². The van der Waals surface area contributed by atoms with E-state index in [0.29, 0.717) is 17.7 Å². The van der Waals surface area contributed by atoms with Gasteiger partial charge in [-0.25, -0.2) is 17.5 Å². The van der Waals surface area contributed by atoms with E-state index in [-0.39, 0.29) is 11.4 Å². The number of sulfonamides is 1. The normalized spacial score (nSPS) is 11.7. The molecule has 1 N–H and O–H groups in total. The van der Waals surface area contributed by atoms with Crippen molar-refractivity contribution in [3.05, 3.63) is 53.7 Å². The van der Waals surface area contributed by atoms with Crippen molar-refractivity contribution in [2.45, 2.75) is 18.2 Å². The van der Waals surface area contributed by atoms with Gasteiger partial charge in [0.25, 0.3) is 0 Å². The lowest BCUT2D eigenvalue weighted by atomic mass is 10.2. The topological polar surface area (TPSA) is 59.3 Å². The maximum absolute atomic E-state index is 12.9. The predicted octanol–water partition coefficient (Wildman–Crippen LogP) is 2.25. The molecule has 1 aromatic carbocycles. The highest BCUT2D eigenvalue weighted by Crippen LogP contribution is 2.15. The number of nitrogens with one attached hydrogen (secondary N) is 1. The Morgan fingerprint density at radius 2 is 2.11 bits per heavy atom. The first-order valence-electron chi connectivity index (χ1n) is 5.77. The SMILES string of the molecule is Cc1cc(F)ccc1S(=O)(=O)NCCc1ccco1. The summed E-state index contributed by atoms with van der Waals surface area (Å²) in [5, 5.41) is 0. The van der Waals surface area contributed by atoms with Crippen LogP contribution in [0.1, 0.15) is 11.3 Å². The zero-order valence-corrected chi connectivity index (χ0v) is 11.2. The van der Waals surface area contributed by atoms with Crippen LogP contribution in [0.5, 0.6) is 0 Å². The quantitative estimate of drug-likeness (QED) is 0.915. The molecule has 19 heavy (non-hydrogen) atoms. The van der Waals surface area contributed by atoms with E-state index in [9.17, 15) is 12.8 Å². The highest BCUT2D eigenvalue weighted by molar-refractivity contribution is 7.89. The molecule has 0 saturated heterocycles. The van der Waals surface area contributed by atoms with E-state index in [4.69, 9.17) is 4.42 Å². The maximum Gasteiger partial charge on any atom is 0.240 e.